The van der Waals surface area contributed by atoms with Gasteiger partial charge in [0.2, 0.25) is 5.75 Å². The Morgan fingerprint density at radius 2 is 2.13 bits per heavy atom. The molecule has 0 spiro atoms. The topological polar surface area (TPSA) is 72.9 Å². The number of hydrogen-bond donors (Lipinski definition) is 1. The molecule has 4 rings (SSSR count). The summed E-state index contributed by atoms with van der Waals surface area (Å²) in [6, 6.07) is 9.53. The minimum absolute atomic E-state index is 0.257. The molecular formula is C23H26FN3O4. The van der Waals surface area contributed by atoms with Crippen LogP contribution in [0.2, 0.25) is 0 Å². The largest absolute Gasteiger partial charge is 0.490 e. The molecule has 1 atom stereocenters. The summed E-state index contributed by atoms with van der Waals surface area (Å²) in [6.45, 7) is 2.82. The molecule has 1 fully saturated rings. The zero-order chi connectivity index (χ0) is 21.8. The predicted octanol–water partition coefficient (Wildman–Crippen LogP) is 3.79. The summed E-state index contributed by atoms with van der Waals surface area (Å²) in [7, 11) is 3.31. The summed E-state index contributed by atoms with van der Waals surface area (Å²) in [5, 5.41) is 4.75. The Morgan fingerprint density at radius 3 is 2.84 bits per heavy atom. The van der Waals surface area contributed by atoms with Crippen LogP contribution in [0.25, 0.3) is 21.8 Å². The molecule has 1 N–H and O–H groups in total. The van der Waals surface area contributed by atoms with Crippen LogP contribution in [0.3, 0.4) is 0 Å². The van der Waals surface area contributed by atoms with E-state index in [0.29, 0.717) is 48.4 Å². The number of halogens is 1. The maximum absolute atomic E-state index is 13.3. The number of carbonyl (C=O) groups excluding carboxylic acids is 1. The van der Waals surface area contributed by atoms with Gasteiger partial charge < -0.3 is 24.4 Å². The predicted molar refractivity (Wildman–Crippen MR) is 118 cm³/mol. The molecule has 1 aromatic heterocycles. The first-order valence-electron chi connectivity index (χ1n) is 10.4. The second-order valence-corrected chi connectivity index (χ2v) is 7.49. The van der Waals surface area contributed by atoms with Crippen LogP contribution in [-0.2, 0) is 4.79 Å². The molecule has 2 aromatic carbocycles. The Labute approximate surface area is 180 Å². The molecule has 3 aromatic rings. The average molecular weight is 427 g/mol. The number of hydrogen-bond acceptors (Lipinski definition) is 7. The van der Waals surface area contributed by atoms with Crippen LogP contribution < -0.4 is 19.5 Å². The van der Waals surface area contributed by atoms with Gasteiger partial charge in [0.25, 0.3) is 6.47 Å². The van der Waals surface area contributed by atoms with Crippen LogP contribution in [0.15, 0.2) is 30.3 Å². The second kappa shape index (κ2) is 9.34. The summed E-state index contributed by atoms with van der Waals surface area (Å²) in [5.74, 6) is 1.03. The minimum Gasteiger partial charge on any atom is -0.490 e. The summed E-state index contributed by atoms with van der Waals surface area (Å²) < 4.78 is 30.3. The number of para-hydroxylation sites is 1. The number of fused-ring (bicyclic) bond motifs is 2. The number of likely N-dealkylation sites (tertiary alicyclic amines) is 1. The number of carbonyl (C=O) groups is 1. The van der Waals surface area contributed by atoms with Crippen LogP contribution >= 0.6 is 0 Å². The molecule has 164 valence electrons. The van der Waals surface area contributed by atoms with Crippen molar-refractivity contribution in [3.8, 4) is 17.2 Å². The minimum atomic E-state index is -0.730. The first-order valence-corrected chi connectivity index (χ1v) is 10.4. The molecule has 0 aliphatic carbocycles. The standard InChI is InChI=1S/C23H26FN3O4/c1-25-21-16-6-3-4-7-17(16)26-18-12-19(22(29-2)23(20(18)21)31-14-28)30-11-5-9-27-10-8-15(24)13-27/h3-4,6-7,12,14-15H,5,8-11,13H2,1-2H3,(H,25,26). The Bertz CT molecular complexity index is 1090. The molecule has 0 radical (unpaired) electrons. The van der Waals surface area contributed by atoms with E-state index in [4.69, 9.17) is 19.2 Å². The van der Waals surface area contributed by atoms with Crippen molar-refractivity contribution in [2.75, 3.05) is 45.7 Å². The van der Waals surface area contributed by atoms with Gasteiger partial charge in [0.15, 0.2) is 11.5 Å². The number of nitrogens with one attached hydrogen (secondary N) is 1. The number of ether oxygens (including phenoxy) is 3. The van der Waals surface area contributed by atoms with Gasteiger partial charge in [-0.15, -0.1) is 0 Å². The highest BCUT2D eigenvalue weighted by atomic mass is 19.1. The quantitative estimate of drug-likeness (QED) is 0.316. The van der Waals surface area contributed by atoms with Crippen molar-refractivity contribution < 1.29 is 23.4 Å². The number of alkyl halides is 1. The number of anilines is 1. The third-order valence-electron chi connectivity index (χ3n) is 5.56. The molecule has 1 saturated heterocycles. The van der Waals surface area contributed by atoms with E-state index in [2.05, 4.69) is 10.2 Å². The van der Waals surface area contributed by atoms with Crippen LogP contribution in [-0.4, -0.2) is 62.9 Å². The molecule has 7 nitrogen and oxygen atoms in total. The zero-order valence-corrected chi connectivity index (χ0v) is 17.7. The van der Waals surface area contributed by atoms with E-state index < -0.39 is 6.17 Å². The molecule has 0 bridgehead atoms. The number of methoxy groups -OCH3 is 1. The van der Waals surface area contributed by atoms with Crippen molar-refractivity contribution in [2.24, 2.45) is 0 Å². The lowest BCUT2D eigenvalue weighted by molar-refractivity contribution is -0.120. The first-order chi connectivity index (χ1) is 15.2. The van der Waals surface area contributed by atoms with Crippen molar-refractivity contribution in [2.45, 2.75) is 19.0 Å². The number of rotatable bonds is 9. The van der Waals surface area contributed by atoms with Gasteiger partial charge in [0.05, 0.1) is 35.8 Å². The lowest BCUT2D eigenvalue weighted by atomic mass is 10.1. The van der Waals surface area contributed by atoms with Crippen LogP contribution in [0.4, 0.5) is 10.1 Å². The molecule has 2 heterocycles. The normalized spacial score (nSPS) is 16.5. The highest BCUT2D eigenvalue weighted by Crippen LogP contribution is 2.47. The van der Waals surface area contributed by atoms with Gasteiger partial charge in [-0.05, 0) is 18.9 Å². The van der Waals surface area contributed by atoms with E-state index in [1.807, 2.05) is 31.3 Å². The first kappa shape index (κ1) is 21.1. The van der Waals surface area contributed by atoms with Gasteiger partial charge in [0.1, 0.15) is 6.17 Å². The van der Waals surface area contributed by atoms with Gasteiger partial charge in [0, 0.05) is 38.1 Å². The van der Waals surface area contributed by atoms with Gasteiger partial charge in [-0.25, -0.2) is 9.37 Å². The number of aromatic nitrogens is 1. The lowest BCUT2D eigenvalue weighted by Gasteiger charge is -2.19. The monoisotopic (exact) mass is 427 g/mol. The van der Waals surface area contributed by atoms with Crippen LogP contribution in [0.5, 0.6) is 17.2 Å². The number of nitrogens with zero attached hydrogens (tertiary/aromatic N) is 2. The maximum Gasteiger partial charge on any atom is 0.298 e. The van der Waals surface area contributed by atoms with Crippen molar-refractivity contribution in [3.63, 3.8) is 0 Å². The molecule has 0 saturated carbocycles. The summed E-state index contributed by atoms with van der Waals surface area (Å²) >= 11 is 0. The highest BCUT2D eigenvalue weighted by molar-refractivity contribution is 6.11. The molecule has 1 unspecified atom stereocenters. The molecule has 1 aliphatic heterocycles. The summed E-state index contributed by atoms with van der Waals surface area (Å²) in [6.07, 6.45) is 0.607. The van der Waals surface area contributed by atoms with Gasteiger partial charge in [-0.2, -0.15) is 0 Å². The third kappa shape index (κ3) is 4.20. The fourth-order valence-corrected chi connectivity index (χ4v) is 4.16. The Hall–Kier alpha value is -3.13. The second-order valence-electron chi connectivity index (χ2n) is 7.49. The molecular weight excluding hydrogens is 401 g/mol. The average Bonchev–Trinajstić information content (AvgIpc) is 3.20. The molecule has 0 amide bonds. The van der Waals surface area contributed by atoms with Gasteiger partial charge in [-0.3, -0.25) is 4.79 Å². The molecule has 1 aliphatic rings. The van der Waals surface area contributed by atoms with E-state index >= 15 is 0 Å². The van der Waals surface area contributed by atoms with Crippen molar-refractivity contribution in [1.29, 1.82) is 0 Å². The Kier molecular flexibility index (Phi) is 6.36. The summed E-state index contributed by atoms with van der Waals surface area (Å²) in [4.78, 5) is 18.1. The Morgan fingerprint density at radius 1 is 1.29 bits per heavy atom. The molecule has 31 heavy (non-hydrogen) atoms. The zero-order valence-electron chi connectivity index (χ0n) is 17.7. The smallest absolute Gasteiger partial charge is 0.298 e. The van der Waals surface area contributed by atoms with Gasteiger partial charge >= 0.3 is 0 Å². The van der Waals surface area contributed by atoms with Crippen LogP contribution in [0.1, 0.15) is 12.8 Å². The SMILES string of the molecule is CNc1c2ccccc2nc2cc(OCCCN3CCC(F)C3)c(OC)c(OC=O)c12. The third-order valence-corrected chi connectivity index (χ3v) is 5.56. The maximum atomic E-state index is 13.3. The van der Waals surface area contributed by atoms with Crippen molar-refractivity contribution in [1.82, 2.24) is 9.88 Å². The fourth-order valence-electron chi connectivity index (χ4n) is 4.16. The van der Waals surface area contributed by atoms with Crippen molar-refractivity contribution >= 4 is 34.0 Å². The fraction of sp³-hybridized carbons (Fsp3) is 0.391. The van der Waals surface area contributed by atoms with Gasteiger partial charge in [-0.1, -0.05) is 18.2 Å². The van der Waals surface area contributed by atoms with E-state index in [0.717, 1.165) is 36.1 Å². The van der Waals surface area contributed by atoms with Crippen LogP contribution in [0, 0.1) is 0 Å². The van der Waals surface area contributed by atoms with Crippen molar-refractivity contribution in [3.05, 3.63) is 30.3 Å². The lowest BCUT2D eigenvalue weighted by Crippen LogP contribution is -2.23. The van der Waals surface area contributed by atoms with E-state index in [-0.39, 0.29) is 5.75 Å². The summed E-state index contributed by atoms with van der Waals surface area (Å²) in [5.41, 5.74) is 2.22. The number of benzene rings is 2. The van der Waals surface area contributed by atoms with E-state index in [9.17, 15) is 9.18 Å². The van der Waals surface area contributed by atoms with E-state index in [1.165, 1.54) is 7.11 Å². The number of pyridine rings is 1. The Balaban J connectivity index is 1.69. The van der Waals surface area contributed by atoms with E-state index in [1.54, 1.807) is 6.07 Å². The highest BCUT2D eigenvalue weighted by Gasteiger charge is 2.23. The molecule has 8 heteroatoms.